The molecule has 3 aromatic rings. The molecule has 0 unspecified atom stereocenters. The van der Waals surface area contributed by atoms with E-state index in [0.717, 1.165) is 10.9 Å². The van der Waals surface area contributed by atoms with Gasteiger partial charge in [-0.25, -0.2) is 12.7 Å². The average Bonchev–Trinajstić information content (AvgIpc) is 3.24. The van der Waals surface area contributed by atoms with Crippen molar-refractivity contribution >= 4 is 32.6 Å². The Kier molecular flexibility index (Phi) is 3.86. The number of para-hydroxylation sites is 1. The van der Waals surface area contributed by atoms with Gasteiger partial charge in [0.05, 0.1) is 10.5 Å². The molecule has 7 heteroatoms. The number of anilines is 1. The van der Waals surface area contributed by atoms with Crippen molar-refractivity contribution in [3.63, 3.8) is 0 Å². The van der Waals surface area contributed by atoms with Crippen molar-refractivity contribution in [3.05, 3.63) is 59.9 Å². The molecule has 0 bridgehead atoms. The first-order valence-electron chi connectivity index (χ1n) is 8.23. The zero-order chi connectivity index (χ0) is 18.5. The van der Waals surface area contributed by atoms with E-state index in [1.54, 1.807) is 23.1 Å². The van der Waals surface area contributed by atoms with Crippen LogP contribution in [0.1, 0.15) is 15.9 Å². The van der Waals surface area contributed by atoms with Gasteiger partial charge in [0.2, 0.25) is 10.0 Å². The number of carbonyl (C=O) groups excluding carboxylic acids is 1. The molecule has 6 nitrogen and oxygen atoms in total. The predicted octanol–water partition coefficient (Wildman–Crippen LogP) is 2.89. The molecule has 26 heavy (non-hydrogen) atoms. The van der Waals surface area contributed by atoms with Crippen molar-refractivity contribution in [2.24, 2.45) is 0 Å². The second kappa shape index (κ2) is 5.96. The fraction of sp³-hybridized carbons (Fsp3) is 0.211. The van der Waals surface area contributed by atoms with Crippen molar-refractivity contribution in [2.45, 2.75) is 11.3 Å². The van der Waals surface area contributed by atoms with Crippen LogP contribution < -0.4 is 4.90 Å². The van der Waals surface area contributed by atoms with E-state index in [2.05, 4.69) is 0 Å². The van der Waals surface area contributed by atoms with E-state index in [1.807, 2.05) is 24.3 Å². The Morgan fingerprint density at radius 2 is 1.92 bits per heavy atom. The van der Waals surface area contributed by atoms with Gasteiger partial charge in [0.15, 0.2) is 0 Å². The van der Waals surface area contributed by atoms with Crippen molar-refractivity contribution in [3.8, 4) is 0 Å². The van der Waals surface area contributed by atoms with Gasteiger partial charge in [-0.2, -0.15) is 0 Å². The summed E-state index contributed by atoms with van der Waals surface area (Å²) < 4.78 is 31.5. The van der Waals surface area contributed by atoms with Gasteiger partial charge in [0.25, 0.3) is 5.91 Å². The predicted molar refractivity (Wildman–Crippen MR) is 98.9 cm³/mol. The standard InChI is InChI=1S/C19H18N2O4S/c1-20(2)26(23,24)14-8-7-13-9-10-21(17(13)11-14)19(22)16-12-25-18-6-4-3-5-15(16)18/h3-8,11-12H,9-10H2,1-2H3. The Morgan fingerprint density at radius 1 is 1.15 bits per heavy atom. The summed E-state index contributed by atoms with van der Waals surface area (Å²) in [5.41, 5.74) is 2.74. The number of sulfonamides is 1. The molecule has 0 spiro atoms. The summed E-state index contributed by atoms with van der Waals surface area (Å²) in [7, 11) is -0.581. The van der Waals surface area contributed by atoms with Crippen LogP contribution in [0, 0.1) is 0 Å². The first-order valence-corrected chi connectivity index (χ1v) is 9.67. The third-order valence-electron chi connectivity index (χ3n) is 4.69. The SMILES string of the molecule is CN(C)S(=O)(=O)c1ccc2c(c1)N(C(=O)c1coc3ccccc13)CC2. The Morgan fingerprint density at radius 3 is 2.69 bits per heavy atom. The molecule has 0 saturated heterocycles. The lowest BCUT2D eigenvalue weighted by Crippen LogP contribution is -2.29. The fourth-order valence-corrected chi connectivity index (χ4v) is 4.15. The van der Waals surface area contributed by atoms with Crippen molar-refractivity contribution < 1.29 is 17.6 Å². The van der Waals surface area contributed by atoms with E-state index in [1.165, 1.54) is 24.7 Å². The van der Waals surface area contributed by atoms with Crippen LogP contribution in [0.4, 0.5) is 5.69 Å². The van der Waals surface area contributed by atoms with Gasteiger partial charge in [-0.15, -0.1) is 0 Å². The summed E-state index contributed by atoms with van der Waals surface area (Å²) in [6, 6.07) is 12.3. The molecule has 1 amide bonds. The first kappa shape index (κ1) is 16.8. The smallest absolute Gasteiger partial charge is 0.262 e. The van der Waals surface area contributed by atoms with E-state index < -0.39 is 10.0 Å². The lowest BCUT2D eigenvalue weighted by Gasteiger charge is -2.18. The lowest BCUT2D eigenvalue weighted by molar-refractivity contribution is 0.0990. The van der Waals surface area contributed by atoms with Gasteiger partial charge in [0.1, 0.15) is 11.8 Å². The highest BCUT2D eigenvalue weighted by Crippen LogP contribution is 2.33. The zero-order valence-corrected chi connectivity index (χ0v) is 15.3. The maximum atomic E-state index is 13.1. The molecule has 4 rings (SSSR count). The molecule has 0 atom stereocenters. The number of hydrogen-bond acceptors (Lipinski definition) is 4. The number of rotatable bonds is 3. The monoisotopic (exact) mass is 370 g/mol. The van der Waals surface area contributed by atoms with Gasteiger partial charge in [0, 0.05) is 31.7 Å². The van der Waals surface area contributed by atoms with Crippen LogP contribution >= 0.6 is 0 Å². The average molecular weight is 370 g/mol. The largest absolute Gasteiger partial charge is 0.463 e. The maximum absolute atomic E-state index is 13.1. The van der Waals surface area contributed by atoms with E-state index in [0.29, 0.717) is 29.8 Å². The van der Waals surface area contributed by atoms with Gasteiger partial charge >= 0.3 is 0 Å². The number of amides is 1. The van der Waals surface area contributed by atoms with Crippen molar-refractivity contribution in [2.75, 3.05) is 25.5 Å². The number of benzene rings is 2. The van der Waals surface area contributed by atoms with Crippen molar-refractivity contribution in [1.29, 1.82) is 0 Å². The van der Waals surface area contributed by atoms with Gasteiger partial charge in [-0.3, -0.25) is 4.79 Å². The highest BCUT2D eigenvalue weighted by atomic mass is 32.2. The topological polar surface area (TPSA) is 70.8 Å². The highest BCUT2D eigenvalue weighted by molar-refractivity contribution is 7.89. The van der Waals surface area contributed by atoms with Crippen molar-refractivity contribution in [1.82, 2.24) is 4.31 Å². The van der Waals surface area contributed by atoms with Gasteiger partial charge < -0.3 is 9.32 Å². The third-order valence-corrected chi connectivity index (χ3v) is 6.50. The molecule has 0 saturated carbocycles. The second-order valence-corrected chi connectivity index (χ2v) is 8.58. The van der Waals surface area contributed by atoms with Crippen LogP contribution in [0.15, 0.2) is 58.0 Å². The molecule has 2 aromatic carbocycles. The quantitative estimate of drug-likeness (QED) is 0.711. The van der Waals surface area contributed by atoms with Crippen LogP contribution in [0.5, 0.6) is 0 Å². The third kappa shape index (κ3) is 2.51. The highest BCUT2D eigenvalue weighted by Gasteiger charge is 2.29. The number of fused-ring (bicyclic) bond motifs is 2. The lowest BCUT2D eigenvalue weighted by atomic mass is 10.1. The number of furan rings is 1. The Hall–Kier alpha value is -2.64. The van der Waals surface area contributed by atoms with Gasteiger partial charge in [-0.05, 0) is 30.2 Å². The van der Waals surface area contributed by atoms with E-state index in [4.69, 9.17) is 4.42 Å². The summed E-state index contributed by atoms with van der Waals surface area (Å²) in [4.78, 5) is 14.9. The summed E-state index contributed by atoms with van der Waals surface area (Å²) in [6.45, 7) is 0.513. The molecule has 1 aliphatic rings. The Balaban J connectivity index is 1.77. The number of carbonyl (C=O) groups is 1. The van der Waals surface area contributed by atoms with E-state index >= 15 is 0 Å². The Bertz CT molecular complexity index is 1120. The van der Waals surface area contributed by atoms with E-state index in [-0.39, 0.29) is 10.8 Å². The molecule has 134 valence electrons. The summed E-state index contributed by atoms with van der Waals surface area (Å²) in [5.74, 6) is -0.187. The molecule has 1 aromatic heterocycles. The first-order chi connectivity index (χ1) is 12.4. The number of nitrogens with zero attached hydrogens (tertiary/aromatic N) is 2. The van der Waals surface area contributed by atoms with Gasteiger partial charge in [-0.1, -0.05) is 24.3 Å². The fourth-order valence-electron chi connectivity index (χ4n) is 3.23. The van der Waals surface area contributed by atoms with Crippen LogP contribution in [-0.4, -0.2) is 39.3 Å². The van der Waals surface area contributed by atoms with Crippen LogP contribution in [-0.2, 0) is 16.4 Å². The van der Waals surface area contributed by atoms with Crippen LogP contribution in [0.3, 0.4) is 0 Å². The normalized spacial score (nSPS) is 14.2. The minimum absolute atomic E-state index is 0.179. The molecule has 2 heterocycles. The minimum Gasteiger partial charge on any atom is -0.463 e. The Labute approximate surface area is 151 Å². The molecular formula is C19H18N2O4S. The summed E-state index contributed by atoms with van der Waals surface area (Å²) in [6.07, 6.45) is 2.16. The molecule has 0 N–H and O–H groups in total. The molecule has 0 fully saturated rings. The maximum Gasteiger partial charge on any atom is 0.262 e. The second-order valence-electron chi connectivity index (χ2n) is 6.43. The van der Waals surface area contributed by atoms with E-state index in [9.17, 15) is 13.2 Å². The summed E-state index contributed by atoms with van der Waals surface area (Å²) >= 11 is 0. The molecule has 0 radical (unpaired) electrons. The molecule has 0 aliphatic carbocycles. The minimum atomic E-state index is -3.56. The van der Waals surface area contributed by atoms with Crippen LogP contribution in [0.25, 0.3) is 11.0 Å². The molecule has 1 aliphatic heterocycles. The zero-order valence-electron chi connectivity index (χ0n) is 14.5. The summed E-state index contributed by atoms with van der Waals surface area (Å²) in [5, 5.41) is 0.753. The number of hydrogen-bond donors (Lipinski definition) is 0. The molecular weight excluding hydrogens is 352 g/mol. The van der Waals surface area contributed by atoms with Crippen LogP contribution in [0.2, 0.25) is 0 Å².